The summed E-state index contributed by atoms with van der Waals surface area (Å²) in [5, 5.41) is 12.7. The Bertz CT molecular complexity index is 882. The Morgan fingerprint density at radius 2 is 2.11 bits per heavy atom. The van der Waals surface area contributed by atoms with E-state index in [4.69, 9.17) is 4.74 Å². The number of nitrogens with zero attached hydrogens (tertiary/aromatic N) is 2. The molecule has 1 aliphatic carbocycles. The van der Waals surface area contributed by atoms with Crippen LogP contribution in [-0.2, 0) is 24.2 Å². The van der Waals surface area contributed by atoms with Crippen molar-refractivity contribution >= 4 is 23.4 Å². The van der Waals surface area contributed by atoms with E-state index in [0.717, 1.165) is 36.9 Å². The first-order valence-electron chi connectivity index (χ1n) is 8.93. The summed E-state index contributed by atoms with van der Waals surface area (Å²) in [6.07, 6.45) is 3.69. The highest BCUT2D eigenvalue weighted by Crippen LogP contribution is 2.29. The van der Waals surface area contributed by atoms with Crippen molar-refractivity contribution in [3.63, 3.8) is 0 Å². The molecule has 27 heavy (non-hydrogen) atoms. The van der Waals surface area contributed by atoms with Crippen LogP contribution in [0.3, 0.4) is 0 Å². The number of anilines is 1. The van der Waals surface area contributed by atoms with Gasteiger partial charge in [0.2, 0.25) is 5.91 Å². The Balaban J connectivity index is 1.75. The Kier molecular flexibility index (Phi) is 6.52. The number of benzene rings is 1. The average molecular weight is 389 g/mol. The molecule has 0 radical (unpaired) electrons. The zero-order valence-corrected chi connectivity index (χ0v) is 16.1. The summed E-state index contributed by atoms with van der Waals surface area (Å²) < 4.78 is 6.80. The number of thioether (sulfide) groups is 1. The van der Waals surface area contributed by atoms with Crippen molar-refractivity contribution in [2.24, 2.45) is 0 Å². The highest BCUT2D eigenvalue weighted by molar-refractivity contribution is 8.00. The third-order valence-corrected chi connectivity index (χ3v) is 5.51. The third kappa shape index (κ3) is 4.51. The number of ether oxygens (including phenoxy) is 1. The van der Waals surface area contributed by atoms with E-state index in [0.29, 0.717) is 16.5 Å². The van der Waals surface area contributed by atoms with Crippen molar-refractivity contribution in [1.82, 2.24) is 9.55 Å². The van der Waals surface area contributed by atoms with Crippen molar-refractivity contribution in [3.05, 3.63) is 46.0 Å². The standard InChI is InChI=1S/C19H23N3O4S/c1-26-16-9-5-3-7-14(16)20-17(24)12-27-18-13-6-2-4-8-15(13)22(10-11-23)19(25)21-18/h3,5,7,9,23H,2,4,6,8,10-12H2,1H3,(H,20,24). The Morgan fingerprint density at radius 3 is 2.89 bits per heavy atom. The number of carbonyl (C=O) groups is 1. The van der Waals surface area contributed by atoms with Gasteiger partial charge in [0.25, 0.3) is 0 Å². The number of rotatable bonds is 7. The van der Waals surface area contributed by atoms with Crippen LogP contribution in [0.5, 0.6) is 5.75 Å². The summed E-state index contributed by atoms with van der Waals surface area (Å²) in [6, 6.07) is 7.21. The lowest BCUT2D eigenvalue weighted by molar-refractivity contribution is -0.113. The minimum absolute atomic E-state index is 0.0954. The van der Waals surface area contributed by atoms with Gasteiger partial charge in [0, 0.05) is 11.3 Å². The summed E-state index contributed by atoms with van der Waals surface area (Å²) in [7, 11) is 1.55. The predicted octanol–water partition coefficient (Wildman–Crippen LogP) is 1.85. The van der Waals surface area contributed by atoms with Crippen molar-refractivity contribution in [2.75, 3.05) is 24.8 Å². The van der Waals surface area contributed by atoms with E-state index in [-0.39, 0.29) is 30.5 Å². The van der Waals surface area contributed by atoms with E-state index < -0.39 is 0 Å². The van der Waals surface area contributed by atoms with Crippen LogP contribution in [0.2, 0.25) is 0 Å². The first-order chi connectivity index (χ1) is 13.1. The Morgan fingerprint density at radius 1 is 1.33 bits per heavy atom. The number of nitrogens with one attached hydrogen (secondary N) is 1. The number of fused-ring (bicyclic) bond motifs is 1. The molecule has 0 bridgehead atoms. The zero-order valence-electron chi connectivity index (χ0n) is 15.2. The minimum Gasteiger partial charge on any atom is -0.495 e. The van der Waals surface area contributed by atoms with Crippen molar-refractivity contribution in [1.29, 1.82) is 0 Å². The monoisotopic (exact) mass is 389 g/mol. The van der Waals surface area contributed by atoms with Crippen molar-refractivity contribution in [3.8, 4) is 5.75 Å². The van der Waals surface area contributed by atoms with Crippen molar-refractivity contribution < 1.29 is 14.6 Å². The number of para-hydroxylation sites is 2. The molecule has 0 atom stereocenters. The summed E-state index contributed by atoms with van der Waals surface area (Å²) in [5.41, 5.74) is 2.23. The van der Waals surface area contributed by atoms with E-state index >= 15 is 0 Å². The fraction of sp³-hybridized carbons (Fsp3) is 0.421. The van der Waals surface area contributed by atoms with Gasteiger partial charge in [-0.05, 0) is 37.8 Å². The molecule has 0 saturated carbocycles. The van der Waals surface area contributed by atoms with Gasteiger partial charge in [0.15, 0.2) is 0 Å². The number of methoxy groups -OCH3 is 1. The molecule has 0 fully saturated rings. The Labute approximate surface area is 161 Å². The quantitative estimate of drug-likeness (QED) is 0.555. The number of aliphatic hydroxyl groups is 1. The highest BCUT2D eigenvalue weighted by atomic mass is 32.2. The van der Waals surface area contributed by atoms with Gasteiger partial charge < -0.3 is 15.2 Å². The molecular weight excluding hydrogens is 366 g/mol. The smallest absolute Gasteiger partial charge is 0.348 e. The van der Waals surface area contributed by atoms with Gasteiger partial charge in [0.1, 0.15) is 10.8 Å². The molecule has 1 heterocycles. The lowest BCUT2D eigenvalue weighted by Crippen LogP contribution is -2.31. The molecule has 1 aromatic heterocycles. The summed E-state index contributed by atoms with van der Waals surface area (Å²) in [6.45, 7) is 0.162. The molecule has 144 valence electrons. The molecule has 1 amide bonds. The second-order valence-electron chi connectivity index (χ2n) is 6.24. The van der Waals surface area contributed by atoms with Gasteiger partial charge in [-0.15, -0.1) is 0 Å². The molecule has 0 unspecified atom stereocenters. The average Bonchev–Trinajstić information content (AvgIpc) is 2.69. The van der Waals surface area contributed by atoms with Crippen LogP contribution >= 0.6 is 11.8 Å². The van der Waals surface area contributed by atoms with Gasteiger partial charge in [-0.3, -0.25) is 9.36 Å². The van der Waals surface area contributed by atoms with Gasteiger partial charge >= 0.3 is 5.69 Å². The number of aliphatic hydroxyl groups excluding tert-OH is 1. The van der Waals surface area contributed by atoms with Gasteiger partial charge in [-0.25, -0.2) is 4.79 Å². The topological polar surface area (TPSA) is 93.5 Å². The second-order valence-corrected chi connectivity index (χ2v) is 7.21. The number of aromatic nitrogens is 2. The minimum atomic E-state index is -0.364. The van der Waals surface area contributed by atoms with Crippen LogP contribution in [0.1, 0.15) is 24.1 Å². The van der Waals surface area contributed by atoms with Gasteiger partial charge in [-0.2, -0.15) is 4.98 Å². The molecule has 2 N–H and O–H groups in total. The number of hydrogen-bond acceptors (Lipinski definition) is 6. The molecule has 7 nitrogen and oxygen atoms in total. The third-order valence-electron chi connectivity index (χ3n) is 4.50. The van der Waals surface area contributed by atoms with Crippen LogP contribution in [-0.4, -0.2) is 40.0 Å². The first-order valence-corrected chi connectivity index (χ1v) is 9.91. The van der Waals surface area contributed by atoms with Crippen LogP contribution in [0, 0.1) is 0 Å². The highest BCUT2D eigenvalue weighted by Gasteiger charge is 2.21. The molecule has 0 spiro atoms. The van der Waals surface area contributed by atoms with Crippen molar-refractivity contribution in [2.45, 2.75) is 37.3 Å². The molecule has 8 heteroatoms. The second kappa shape index (κ2) is 9.05. The molecule has 3 rings (SSSR count). The van der Waals surface area contributed by atoms with Gasteiger partial charge in [-0.1, -0.05) is 23.9 Å². The normalized spacial score (nSPS) is 13.1. The van der Waals surface area contributed by atoms with E-state index in [1.165, 1.54) is 11.8 Å². The summed E-state index contributed by atoms with van der Waals surface area (Å²) >= 11 is 1.28. The predicted molar refractivity (Wildman–Crippen MR) is 105 cm³/mol. The zero-order chi connectivity index (χ0) is 19.2. The Hall–Kier alpha value is -2.32. The number of amides is 1. The van der Waals surface area contributed by atoms with Crippen LogP contribution in [0.15, 0.2) is 34.1 Å². The molecule has 2 aromatic rings. The van der Waals surface area contributed by atoms with E-state index in [9.17, 15) is 14.7 Å². The maximum atomic E-state index is 12.3. The molecule has 0 saturated heterocycles. The lowest BCUT2D eigenvalue weighted by Gasteiger charge is -2.22. The summed E-state index contributed by atoms with van der Waals surface area (Å²) in [5.74, 6) is 0.564. The fourth-order valence-corrected chi connectivity index (χ4v) is 4.14. The molecule has 0 aliphatic heterocycles. The first kappa shape index (κ1) is 19.4. The maximum Gasteiger partial charge on any atom is 0.348 e. The summed E-state index contributed by atoms with van der Waals surface area (Å²) in [4.78, 5) is 28.8. The van der Waals surface area contributed by atoms with E-state index in [1.807, 2.05) is 12.1 Å². The number of carbonyl (C=O) groups excluding carboxylic acids is 1. The van der Waals surface area contributed by atoms with Crippen LogP contribution < -0.4 is 15.7 Å². The largest absolute Gasteiger partial charge is 0.495 e. The lowest BCUT2D eigenvalue weighted by atomic mass is 9.97. The number of hydrogen-bond donors (Lipinski definition) is 2. The maximum absolute atomic E-state index is 12.3. The van der Waals surface area contributed by atoms with E-state index in [2.05, 4.69) is 10.3 Å². The van der Waals surface area contributed by atoms with E-state index in [1.54, 1.807) is 23.8 Å². The fourth-order valence-electron chi connectivity index (χ4n) is 3.27. The molecular formula is C19H23N3O4S. The SMILES string of the molecule is COc1ccccc1NC(=O)CSc1nc(=O)n(CCO)c2c1CCCC2. The molecule has 1 aliphatic rings. The van der Waals surface area contributed by atoms with Gasteiger partial charge in [0.05, 0.1) is 31.7 Å². The van der Waals surface area contributed by atoms with Crippen LogP contribution in [0.25, 0.3) is 0 Å². The molecule has 1 aromatic carbocycles. The van der Waals surface area contributed by atoms with Crippen LogP contribution in [0.4, 0.5) is 5.69 Å².